The van der Waals surface area contributed by atoms with E-state index in [9.17, 15) is 4.79 Å². The number of aromatic nitrogens is 1. The molecule has 0 bridgehead atoms. The SMILES string of the molecule is Cc1ccc(C)c2sc(N(CCCN3CCOCC3)C(=O)C3CCCCC3)nc12. The maximum absolute atomic E-state index is 13.5. The van der Waals surface area contributed by atoms with Gasteiger partial charge in [0.25, 0.3) is 0 Å². The monoisotopic (exact) mass is 415 g/mol. The largest absolute Gasteiger partial charge is 0.379 e. The molecular weight excluding hydrogens is 382 g/mol. The van der Waals surface area contributed by atoms with Gasteiger partial charge in [0.2, 0.25) is 5.91 Å². The van der Waals surface area contributed by atoms with Crippen LogP contribution < -0.4 is 4.90 Å². The molecule has 1 aromatic heterocycles. The number of anilines is 1. The van der Waals surface area contributed by atoms with Crippen molar-refractivity contribution in [2.45, 2.75) is 52.4 Å². The molecule has 1 aromatic carbocycles. The molecule has 2 aromatic rings. The Morgan fingerprint density at radius 1 is 1.17 bits per heavy atom. The standard InChI is InChI=1S/C23H33N3O2S/c1-17-9-10-18(2)21-20(17)24-23(29-21)26(22(27)19-7-4-3-5-8-19)12-6-11-25-13-15-28-16-14-25/h9-10,19H,3-8,11-16H2,1-2H3. The highest BCUT2D eigenvalue weighted by molar-refractivity contribution is 7.22. The number of ether oxygens (including phenoxy) is 1. The first-order valence-corrected chi connectivity index (χ1v) is 11.9. The van der Waals surface area contributed by atoms with Crippen LogP contribution in [0.15, 0.2) is 12.1 Å². The molecule has 0 unspecified atom stereocenters. The summed E-state index contributed by atoms with van der Waals surface area (Å²) < 4.78 is 6.67. The van der Waals surface area contributed by atoms with E-state index in [1.54, 1.807) is 11.3 Å². The van der Waals surface area contributed by atoms with E-state index in [0.29, 0.717) is 5.91 Å². The van der Waals surface area contributed by atoms with Crippen LogP contribution in [0.2, 0.25) is 0 Å². The van der Waals surface area contributed by atoms with E-state index < -0.39 is 0 Å². The van der Waals surface area contributed by atoms with Gasteiger partial charge in [-0.1, -0.05) is 42.7 Å². The van der Waals surface area contributed by atoms with Crippen LogP contribution in [0.1, 0.15) is 49.7 Å². The van der Waals surface area contributed by atoms with Crippen molar-refractivity contribution in [2.75, 3.05) is 44.3 Å². The third-order valence-corrected chi connectivity index (χ3v) is 7.56. The number of fused-ring (bicyclic) bond motifs is 1. The van der Waals surface area contributed by atoms with Gasteiger partial charge in [-0.25, -0.2) is 4.98 Å². The molecule has 6 heteroatoms. The zero-order valence-electron chi connectivity index (χ0n) is 17.8. The lowest BCUT2D eigenvalue weighted by Crippen LogP contribution is -2.41. The third kappa shape index (κ3) is 4.81. The van der Waals surface area contributed by atoms with Crippen molar-refractivity contribution in [1.29, 1.82) is 0 Å². The fraction of sp³-hybridized carbons (Fsp3) is 0.652. The van der Waals surface area contributed by atoms with Crippen molar-refractivity contribution < 1.29 is 9.53 Å². The lowest BCUT2D eigenvalue weighted by atomic mass is 9.88. The Labute approximate surface area is 178 Å². The van der Waals surface area contributed by atoms with E-state index in [4.69, 9.17) is 9.72 Å². The minimum Gasteiger partial charge on any atom is -0.379 e. The van der Waals surface area contributed by atoms with Crippen molar-refractivity contribution >= 4 is 32.6 Å². The van der Waals surface area contributed by atoms with Crippen molar-refractivity contribution in [2.24, 2.45) is 5.92 Å². The molecule has 2 heterocycles. The van der Waals surface area contributed by atoms with E-state index in [1.165, 1.54) is 35.1 Å². The van der Waals surface area contributed by atoms with Gasteiger partial charge in [-0.05, 0) is 44.2 Å². The summed E-state index contributed by atoms with van der Waals surface area (Å²) in [6.45, 7) is 9.65. The molecule has 0 spiro atoms. The molecule has 29 heavy (non-hydrogen) atoms. The van der Waals surface area contributed by atoms with Crippen LogP contribution in [0.4, 0.5) is 5.13 Å². The summed E-state index contributed by atoms with van der Waals surface area (Å²) in [6, 6.07) is 4.29. The molecule has 0 N–H and O–H groups in total. The van der Waals surface area contributed by atoms with Crippen LogP contribution in [0.3, 0.4) is 0 Å². The molecule has 158 valence electrons. The van der Waals surface area contributed by atoms with Crippen molar-refractivity contribution in [3.8, 4) is 0 Å². The topological polar surface area (TPSA) is 45.7 Å². The first-order chi connectivity index (χ1) is 14.1. The molecule has 2 aliphatic rings. The lowest BCUT2D eigenvalue weighted by molar-refractivity contribution is -0.123. The minimum absolute atomic E-state index is 0.168. The number of rotatable bonds is 6. The Balaban J connectivity index is 1.54. The number of carbonyl (C=O) groups excluding carboxylic acids is 1. The summed E-state index contributed by atoms with van der Waals surface area (Å²) >= 11 is 1.68. The first-order valence-electron chi connectivity index (χ1n) is 11.1. The van der Waals surface area contributed by atoms with Crippen molar-refractivity contribution in [1.82, 2.24) is 9.88 Å². The maximum Gasteiger partial charge on any atom is 0.231 e. The van der Waals surface area contributed by atoms with Crippen molar-refractivity contribution in [3.05, 3.63) is 23.3 Å². The molecule has 1 saturated heterocycles. The molecule has 1 aliphatic carbocycles. The predicted molar refractivity (Wildman–Crippen MR) is 120 cm³/mol. The Morgan fingerprint density at radius 3 is 2.62 bits per heavy atom. The second kappa shape index (κ2) is 9.54. The van der Waals surface area contributed by atoms with Gasteiger partial charge in [-0.15, -0.1) is 0 Å². The van der Waals surface area contributed by atoms with Crippen LogP contribution >= 0.6 is 11.3 Å². The number of amides is 1. The molecular formula is C23H33N3O2S. The second-order valence-corrected chi connectivity index (χ2v) is 9.48. The van der Waals surface area contributed by atoms with Gasteiger partial charge in [0.15, 0.2) is 5.13 Å². The van der Waals surface area contributed by atoms with E-state index >= 15 is 0 Å². The van der Waals surface area contributed by atoms with Gasteiger partial charge >= 0.3 is 0 Å². The molecule has 1 aliphatic heterocycles. The molecule has 1 saturated carbocycles. The number of thiazole rings is 1. The maximum atomic E-state index is 13.5. The molecule has 4 rings (SSSR count). The predicted octanol–water partition coefficient (Wildman–Crippen LogP) is 4.55. The summed E-state index contributed by atoms with van der Waals surface area (Å²) in [5.74, 6) is 0.461. The Kier molecular flexibility index (Phi) is 6.83. The zero-order chi connectivity index (χ0) is 20.2. The van der Waals surface area contributed by atoms with Gasteiger partial charge in [0.05, 0.1) is 23.4 Å². The first kappa shape index (κ1) is 20.8. The number of aryl methyl sites for hydroxylation is 2. The average Bonchev–Trinajstić information content (AvgIpc) is 3.21. The highest BCUT2D eigenvalue weighted by Crippen LogP contribution is 2.35. The molecule has 0 radical (unpaired) electrons. The number of carbonyl (C=O) groups is 1. The summed E-state index contributed by atoms with van der Waals surface area (Å²) in [5, 5.41) is 0.884. The van der Waals surface area contributed by atoms with Gasteiger partial charge in [-0.3, -0.25) is 14.6 Å². The second-order valence-electron chi connectivity index (χ2n) is 8.51. The van der Waals surface area contributed by atoms with Crippen LogP contribution in [0.25, 0.3) is 10.2 Å². The van der Waals surface area contributed by atoms with E-state index in [2.05, 4.69) is 30.9 Å². The lowest BCUT2D eigenvalue weighted by Gasteiger charge is -2.30. The molecule has 5 nitrogen and oxygen atoms in total. The van der Waals surface area contributed by atoms with E-state index in [-0.39, 0.29) is 5.92 Å². The molecule has 1 amide bonds. The van der Waals surface area contributed by atoms with Gasteiger partial charge < -0.3 is 4.74 Å². The van der Waals surface area contributed by atoms with Crippen LogP contribution in [-0.4, -0.2) is 55.2 Å². The fourth-order valence-electron chi connectivity index (χ4n) is 4.51. The number of hydrogen-bond acceptors (Lipinski definition) is 5. The number of morpholine rings is 1. The Hall–Kier alpha value is -1.50. The van der Waals surface area contributed by atoms with E-state index in [0.717, 1.165) is 69.3 Å². The zero-order valence-corrected chi connectivity index (χ0v) is 18.6. The average molecular weight is 416 g/mol. The Morgan fingerprint density at radius 2 is 1.90 bits per heavy atom. The molecule has 2 fully saturated rings. The highest BCUT2D eigenvalue weighted by atomic mass is 32.1. The number of benzene rings is 1. The molecule has 0 atom stereocenters. The third-order valence-electron chi connectivity index (χ3n) is 6.34. The summed E-state index contributed by atoms with van der Waals surface area (Å²) in [5.41, 5.74) is 3.49. The van der Waals surface area contributed by atoms with Crippen LogP contribution in [-0.2, 0) is 9.53 Å². The van der Waals surface area contributed by atoms with Crippen molar-refractivity contribution in [3.63, 3.8) is 0 Å². The summed E-state index contributed by atoms with van der Waals surface area (Å²) in [7, 11) is 0. The van der Waals surface area contributed by atoms with Gasteiger partial charge in [-0.2, -0.15) is 0 Å². The van der Waals surface area contributed by atoms with Crippen LogP contribution in [0.5, 0.6) is 0 Å². The number of nitrogens with zero attached hydrogens (tertiary/aromatic N) is 3. The highest BCUT2D eigenvalue weighted by Gasteiger charge is 2.29. The smallest absolute Gasteiger partial charge is 0.231 e. The minimum atomic E-state index is 0.168. The summed E-state index contributed by atoms with van der Waals surface area (Å²) in [4.78, 5) is 22.9. The van der Waals surface area contributed by atoms with E-state index in [1.807, 2.05) is 4.90 Å². The normalized spacial score (nSPS) is 19.0. The summed E-state index contributed by atoms with van der Waals surface area (Å²) in [6.07, 6.45) is 6.66. The fourth-order valence-corrected chi connectivity index (χ4v) is 5.65. The Bertz CT molecular complexity index is 799. The quantitative estimate of drug-likeness (QED) is 0.694. The van der Waals surface area contributed by atoms with Gasteiger partial charge in [0.1, 0.15) is 0 Å². The number of hydrogen-bond donors (Lipinski definition) is 0. The van der Waals surface area contributed by atoms with Crippen LogP contribution in [0, 0.1) is 19.8 Å². The van der Waals surface area contributed by atoms with Gasteiger partial charge in [0, 0.05) is 32.1 Å².